The van der Waals surface area contributed by atoms with Crippen molar-refractivity contribution in [3.63, 3.8) is 0 Å². The Balaban J connectivity index is 0.000000437. The third kappa shape index (κ3) is 4.85. The van der Waals surface area contributed by atoms with Crippen molar-refractivity contribution in [2.24, 2.45) is 0 Å². The molecule has 0 spiro atoms. The molecule has 1 aromatic heterocycles. The molecule has 0 aromatic carbocycles. The number of aryl methyl sites for hydroxylation is 1. The van der Waals surface area contributed by atoms with Gasteiger partial charge in [-0.2, -0.15) is 0 Å². The van der Waals surface area contributed by atoms with Crippen LogP contribution in [-0.4, -0.2) is 22.7 Å². The van der Waals surface area contributed by atoms with Crippen molar-refractivity contribution >= 4 is 6.47 Å². The standard InChI is InChI=1S/C12H17NO.CH2O2/c1-10-6-5-9-13-12(10)14-11-7-3-2-4-8-11;2-1-3/h5-6,9,11H,2-4,7-8H2,1H3;1H,(H,2,3). The van der Waals surface area contributed by atoms with E-state index in [4.69, 9.17) is 14.6 Å². The van der Waals surface area contributed by atoms with Crippen LogP contribution in [0.4, 0.5) is 0 Å². The maximum Gasteiger partial charge on any atom is 0.290 e. The van der Waals surface area contributed by atoms with E-state index in [1.54, 1.807) is 6.20 Å². The summed E-state index contributed by atoms with van der Waals surface area (Å²) < 4.78 is 5.87. The van der Waals surface area contributed by atoms with Crippen LogP contribution < -0.4 is 4.74 Å². The average molecular weight is 237 g/mol. The van der Waals surface area contributed by atoms with Gasteiger partial charge in [-0.3, -0.25) is 4.79 Å². The van der Waals surface area contributed by atoms with E-state index >= 15 is 0 Å². The number of pyridine rings is 1. The zero-order valence-corrected chi connectivity index (χ0v) is 10.1. The first-order valence-corrected chi connectivity index (χ1v) is 5.94. The monoisotopic (exact) mass is 237 g/mol. The van der Waals surface area contributed by atoms with Gasteiger partial charge in [0.05, 0.1) is 0 Å². The molecule has 1 aliphatic carbocycles. The molecule has 1 heterocycles. The number of aromatic nitrogens is 1. The second kappa shape index (κ2) is 7.65. The number of hydrogen-bond donors (Lipinski definition) is 1. The van der Waals surface area contributed by atoms with Crippen LogP contribution in [0.25, 0.3) is 0 Å². The lowest BCUT2D eigenvalue weighted by atomic mass is 9.98. The van der Waals surface area contributed by atoms with Crippen LogP contribution in [0, 0.1) is 6.92 Å². The SMILES string of the molecule is Cc1cccnc1OC1CCCCC1.O=CO. The Morgan fingerprint density at radius 3 is 2.65 bits per heavy atom. The highest BCUT2D eigenvalue weighted by molar-refractivity contribution is 5.32. The summed E-state index contributed by atoms with van der Waals surface area (Å²) in [6, 6.07) is 3.99. The summed E-state index contributed by atoms with van der Waals surface area (Å²) in [5.41, 5.74) is 1.14. The Hall–Kier alpha value is -1.58. The summed E-state index contributed by atoms with van der Waals surface area (Å²) in [5.74, 6) is 0.819. The van der Waals surface area contributed by atoms with Crippen LogP contribution in [0.5, 0.6) is 5.88 Å². The van der Waals surface area contributed by atoms with Gasteiger partial charge in [-0.15, -0.1) is 0 Å². The summed E-state index contributed by atoms with van der Waals surface area (Å²) in [6.45, 7) is 1.80. The van der Waals surface area contributed by atoms with Crippen LogP contribution >= 0.6 is 0 Å². The van der Waals surface area contributed by atoms with Crippen molar-refractivity contribution in [2.45, 2.75) is 45.1 Å². The van der Waals surface area contributed by atoms with Crippen LogP contribution in [-0.2, 0) is 4.79 Å². The Labute approximate surface area is 102 Å². The second-order valence-corrected chi connectivity index (χ2v) is 4.11. The largest absolute Gasteiger partial charge is 0.483 e. The first-order chi connectivity index (χ1) is 8.27. The minimum atomic E-state index is -0.250. The van der Waals surface area contributed by atoms with Gasteiger partial charge in [0.2, 0.25) is 5.88 Å². The smallest absolute Gasteiger partial charge is 0.290 e. The third-order valence-electron chi connectivity index (χ3n) is 2.79. The van der Waals surface area contributed by atoms with Gasteiger partial charge in [0.1, 0.15) is 6.10 Å². The average Bonchev–Trinajstić information content (AvgIpc) is 2.35. The molecule has 0 radical (unpaired) electrons. The number of ether oxygens (including phenoxy) is 1. The molecule has 1 aliphatic rings. The predicted molar refractivity (Wildman–Crippen MR) is 65.2 cm³/mol. The molecular weight excluding hydrogens is 218 g/mol. The van der Waals surface area contributed by atoms with E-state index in [9.17, 15) is 0 Å². The van der Waals surface area contributed by atoms with Gasteiger partial charge in [-0.25, -0.2) is 4.98 Å². The minimum absolute atomic E-state index is 0.250. The highest BCUT2D eigenvalue weighted by Gasteiger charge is 2.15. The summed E-state index contributed by atoms with van der Waals surface area (Å²) in [4.78, 5) is 12.6. The van der Waals surface area contributed by atoms with Gasteiger partial charge < -0.3 is 9.84 Å². The van der Waals surface area contributed by atoms with E-state index in [0.717, 1.165) is 11.4 Å². The molecule has 1 fully saturated rings. The highest BCUT2D eigenvalue weighted by atomic mass is 16.5. The molecule has 0 amide bonds. The molecular formula is C13H19NO3. The molecule has 4 nitrogen and oxygen atoms in total. The molecule has 17 heavy (non-hydrogen) atoms. The fourth-order valence-corrected chi connectivity index (χ4v) is 1.94. The first kappa shape index (κ1) is 13.5. The summed E-state index contributed by atoms with van der Waals surface area (Å²) >= 11 is 0. The van der Waals surface area contributed by atoms with Crippen LogP contribution in [0.2, 0.25) is 0 Å². The number of carboxylic acid groups (broad SMARTS) is 1. The van der Waals surface area contributed by atoms with Gasteiger partial charge in [0.25, 0.3) is 6.47 Å². The fourth-order valence-electron chi connectivity index (χ4n) is 1.94. The second-order valence-electron chi connectivity index (χ2n) is 4.11. The molecule has 2 rings (SSSR count). The molecule has 1 N–H and O–H groups in total. The third-order valence-corrected chi connectivity index (χ3v) is 2.79. The van der Waals surface area contributed by atoms with Crippen LogP contribution in [0.15, 0.2) is 18.3 Å². The molecule has 0 aliphatic heterocycles. The summed E-state index contributed by atoms with van der Waals surface area (Å²) in [5, 5.41) is 6.89. The van der Waals surface area contributed by atoms with Gasteiger partial charge in [-0.05, 0) is 38.7 Å². The predicted octanol–water partition coefficient (Wildman–Crippen LogP) is 2.80. The van der Waals surface area contributed by atoms with Crippen molar-refractivity contribution < 1.29 is 14.6 Å². The maximum absolute atomic E-state index is 8.36. The van der Waals surface area contributed by atoms with Crippen molar-refractivity contribution in [3.05, 3.63) is 23.9 Å². The number of hydrogen-bond acceptors (Lipinski definition) is 3. The molecule has 1 saturated carbocycles. The van der Waals surface area contributed by atoms with Gasteiger partial charge in [0.15, 0.2) is 0 Å². The molecule has 0 bridgehead atoms. The van der Waals surface area contributed by atoms with E-state index in [0.29, 0.717) is 6.10 Å². The lowest BCUT2D eigenvalue weighted by Crippen LogP contribution is -2.20. The molecule has 0 atom stereocenters. The molecule has 94 valence electrons. The van der Waals surface area contributed by atoms with E-state index in [-0.39, 0.29) is 6.47 Å². The Morgan fingerprint density at radius 2 is 2.06 bits per heavy atom. The fraction of sp³-hybridized carbons (Fsp3) is 0.538. The normalized spacial score (nSPS) is 15.6. The quantitative estimate of drug-likeness (QED) is 0.803. The van der Waals surface area contributed by atoms with Crippen molar-refractivity contribution in [1.29, 1.82) is 0 Å². The lowest BCUT2D eigenvalue weighted by Gasteiger charge is -2.22. The minimum Gasteiger partial charge on any atom is -0.483 e. The van der Waals surface area contributed by atoms with E-state index in [2.05, 4.69) is 4.98 Å². The lowest BCUT2D eigenvalue weighted by molar-refractivity contribution is -0.122. The zero-order valence-electron chi connectivity index (χ0n) is 10.1. The molecule has 4 heteroatoms. The van der Waals surface area contributed by atoms with Gasteiger partial charge in [-0.1, -0.05) is 12.5 Å². The molecule has 0 saturated heterocycles. The van der Waals surface area contributed by atoms with Gasteiger partial charge in [0, 0.05) is 11.8 Å². The van der Waals surface area contributed by atoms with Crippen LogP contribution in [0.3, 0.4) is 0 Å². The van der Waals surface area contributed by atoms with E-state index < -0.39 is 0 Å². The van der Waals surface area contributed by atoms with E-state index in [1.165, 1.54) is 32.1 Å². The van der Waals surface area contributed by atoms with Crippen molar-refractivity contribution in [2.75, 3.05) is 0 Å². The molecule has 1 aromatic rings. The van der Waals surface area contributed by atoms with Crippen molar-refractivity contribution in [1.82, 2.24) is 4.98 Å². The summed E-state index contributed by atoms with van der Waals surface area (Å²) in [6.07, 6.45) is 8.54. The highest BCUT2D eigenvalue weighted by Crippen LogP contribution is 2.23. The topological polar surface area (TPSA) is 59.4 Å². The number of carbonyl (C=O) groups is 1. The van der Waals surface area contributed by atoms with E-state index in [1.807, 2.05) is 19.1 Å². The first-order valence-electron chi connectivity index (χ1n) is 5.94. The Kier molecular flexibility index (Phi) is 6.07. The van der Waals surface area contributed by atoms with Crippen LogP contribution in [0.1, 0.15) is 37.7 Å². The Morgan fingerprint density at radius 1 is 1.41 bits per heavy atom. The van der Waals surface area contributed by atoms with Crippen molar-refractivity contribution in [3.8, 4) is 5.88 Å². The van der Waals surface area contributed by atoms with Gasteiger partial charge >= 0.3 is 0 Å². The maximum atomic E-state index is 8.36. The Bertz CT molecular complexity index is 335. The summed E-state index contributed by atoms with van der Waals surface area (Å²) in [7, 11) is 0. The number of rotatable bonds is 2. The number of nitrogens with zero attached hydrogens (tertiary/aromatic N) is 1. The zero-order chi connectivity index (χ0) is 12.5. The molecule has 0 unspecified atom stereocenters.